The number of benzene rings is 1. The second kappa shape index (κ2) is 7.24. The number of anilines is 1. The lowest BCUT2D eigenvalue weighted by atomic mass is 10.0. The Hall–Kier alpha value is -1.71. The van der Waals surface area contributed by atoms with Gasteiger partial charge in [0.1, 0.15) is 5.75 Å². The summed E-state index contributed by atoms with van der Waals surface area (Å²) in [5.41, 5.74) is 1.21. The molecule has 1 aliphatic carbocycles. The average molecular weight is 316 g/mol. The van der Waals surface area contributed by atoms with Crippen LogP contribution in [0.3, 0.4) is 0 Å². The van der Waals surface area contributed by atoms with E-state index >= 15 is 0 Å². The average Bonchev–Trinajstić information content (AvgIpc) is 3.31. The van der Waals surface area contributed by atoms with Gasteiger partial charge in [-0.15, -0.1) is 0 Å². The normalized spacial score (nSPS) is 22.0. The van der Waals surface area contributed by atoms with Crippen molar-refractivity contribution >= 4 is 11.6 Å². The number of hydrogen-bond donors (Lipinski definition) is 1. The van der Waals surface area contributed by atoms with Gasteiger partial charge in [0.15, 0.2) is 0 Å². The monoisotopic (exact) mass is 316 g/mol. The maximum atomic E-state index is 12.0. The van der Waals surface area contributed by atoms with Gasteiger partial charge in [-0.25, -0.2) is 0 Å². The molecule has 0 bridgehead atoms. The van der Waals surface area contributed by atoms with Crippen molar-refractivity contribution in [3.8, 4) is 5.75 Å². The van der Waals surface area contributed by atoms with Crippen molar-refractivity contribution < 1.29 is 9.53 Å². The SMILES string of the molecule is COc1cccc(N2CC[C@H](CNC(=O)C[C@H](C)C3CC3)C2)c1. The first kappa shape index (κ1) is 16.2. The topological polar surface area (TPSA) is 41.6 Å². The summed E-state index contributed by atoms with van der Waals surface area (Å²) >= 11 is 0. The fraction of sp³-hybridized carbons (Fsp3) is 0.632. The number of ether oxygens (including phenoxy) is 1. The van der Waals surface area contributed by atoms with Gasteiger partial charge in [-0.1, -0.05) is 13.0 Å². The van der Waals surface area contributed by atoms with Gasteiger partial charge < -0.3 is 15.0 Å². The van der Waals surface area contributed by atoms with E-state index in [0.29, 0.717) is 18.3 Å². The number of methoxy groups -OCH3 is 1. The van der Waals surface area contributed by atoms with Crippen LogP contribution in [0.25, 0.3) is 0 Å². The molecule has 1 aliphatic heterocycles. The summed E-state index contributed by atoms with van der Waals surface area (Å²) in [6.07, 6.45) is 4.45. The number of carbonyl (C=O) groups excluding carboxylic acids is 1. The third kappa shape index (κ3) is 4.40. The van der Waals surface area contributed by atoms with Gasteiger partial charge in [0.2, 0.25) is 5.91 Å². The van der Waals surface area contributed by atoms with Gasteiger partial charge in [-0.05, 0) is 49.1 Å². The zero-order valence-corrected chi connectivity index (χ0v) is 14.3. The van der Waals surface area contributed by atoms with Gasteiger partial charge in [0.05, 0.1) is 7.11 Å². The molecular weight excluding hydrogens is 288 g/mol. The molecule has 4 heteroatoms. The molecule has 2 atom stereocenters. The van der Waals surface area contributed by atoms with E-state index in [1.165, 1.54) is 18.5 Å². The smallest absolute Gasteiger partial charge is 0.220 e. The number of nitrogens with zero attached hydrogens (tertiary/aromatic N) is 1. The van der Waals surface area contributed by atoms with Crippen LogP contribution in [0.15, 0.2) is 24.3 Å². The Morgan fingerprint density at radius 2 is 2.22 bits per heavy atom. The predicted molar refractivity (Wildman–Crippen MR) is 92.8 cm³/mol. The highest BCUT2D eigenvalue weighted by Crippen LogP contribution is 2.38. The Morgan fingerprint density at radius 1 is 1.39 bits per heavy atom. The summed E-state index contributed by atoms with van der Waals surface area (Å²) in [6, 6.07) is 8.21. The van der Waals surface area contributed by atoms with E-state index < -0.39 is 0 Å². The molecule has 4 nitrogen and oxygen atoms in total. The minimum absolute atomic E-state index is 0.226. The molecule has 1 heterocycles. The standard InChI is InChI=1S/C19H28N2O2/c1-14(16-6-7-16)10-19(22)20-12-15-8-9-21(13-15)17-4-3-5-18(11-17)23-2/h3-5,11,14-16H,6-10,12-13H2,1-2H3,(H,20,22)/t14-,15+/m0/s1. The number of hydrogen-bond acceptors (Lipinski definition) is 3. The molecule has 126 valence electrons. The number of nitrogens with one attached hydrogen (secondary N) is 1. The summed E-state index contributed by atoms with van der Waals surface area (Å²) in [5.74, 6) is 3.02. The summed E-state index contributed by atoms with van der Waals surface area (Å²) < 4.78 is 5.30. The third-order valence-electron chi connectivity index (χ3n) is 5.23. The molecule has 3 rings (SSSR count). The van der Waals surface area contributed by atoms with Gasteiger partial charge in [-0.3, -0.25) is 4.79 Å². The van der Waals surface area contributed by atoms with Crippen LogP contribution in [0, 0.1) is 17.8 Å². The Kier molecular flexibility index (Phi) is 5.09. The number of carbonyl (C=O) groups is 1. The summed E-state index contributed by atoms with van der Waals surface area (Å²) in [5, 5.41) is 3.14. The fourth-order valence-corrected chi connectivity index (χ4v) is 3.50. The van der Waals surface area contributed by atoms with Crippen molar-refractivity contribution in [3.05, 3.63) is 24.3 Å². The zero-order valence-electron chi connectivity index (χ0n) is 14.3. The van der Waals surface area contributed by atoms with Crippen molar-refractivity contribution in [2.45, 2.75) is 32.6 Å². The number of amides is 1. The lowest BCUT2D eigenvalue weighted by Crippen LogP contribution is -2.32. The molecule has 23 heavy (non-hydrogen) atoms. The van der Waals surface area contributed by atoms with Crippen LogP contribution in [-0.2, 0) is 4.79 Å². The minimum atomic E-state index is 0.226. The van der Waals surface area contributed by atoms with Crippen molar-refractivity contribution in [2.24, 2.45) is 17.8 Å². The maximum absolute atomic E-state index is 12.0. The molecule has 1 aromatic rings. The fourth-order valence-electron chi connectivity index (χ4n) is 3.50. The molecule has 2 aliphatic rings. The first-order valence-electron chi connectivity index (χ1n) is 8.81. The molecule has 1 amide bonds. The van der Waals surface area contributed by atoms with Crippen LogP contribution in [-0.4, -0.2) is 32.7 Å². The van der Waals surface area contributed by atoms with Crippen LogP contribution in [0.1, 0.15) is 32.6 Å². The highest BCUT2D eigenvalue weighted by Gasteiger charge is 2.29. The lowest BCUT2D eigenvalue weighted by Gasteiger charge is -2.19. The molecular formula is C19H28N2O2. The van der Waals surface area contributed by atoms with Gasteiger partial charge >= 0.3 is 0 Å². The van der Waals surface area contributed by atoms with Crippen LogP contribution < -0.4 is 15.0 Å². The molecule has 0 aromatic heterocycles. The third-order valence-corrected chi connectivity index (χ3v) is 5.23. The number of rotatable bonds is 7. The van der Waals surface area contributed by atoms with E-state index in [2.05, 4.69) is 29.3 Å². The summed E-state index contributed by atoms with van der Waals surface area (Å²) in [7, 11) is 1.70. The van der Waals surface area contributed by atoms with E-state index in [4.69, 9.17) is 4.74 Å². The van der Waals surface area contributed by atoms with Crippen LogP contribution in [0.5, 0.6) is 5.75 Å². The first-order chi connectivity index (χ1) is 11.2. The minimum Gasteiger partial charge on any atom is -0.497 e. The predicted octanol–water partition coefficient (Wildman–Crippen LogP) is 3.07. The Balaban J connectivity index is 1.43. The highest BCUT2D eigenvalue weighted by molar-refractivity contribution is 5.76. The summed E-state index contributed by atoms with van der Waals surface area (Å²) in [4.78, 5) is 14.4. The van der Waals surface area contributed by atoms with Crippen molar-refractivity contribution in [2.75, 3.05) is 31.6 Å². The van der Waals surface area contributed by atoms with Crippen LogP contribution in [0.2, 0.25) is 0 Å². The second-order valence-electron chi connectivity index (χ2n) is 7.13. The largest absolute Gasteiger partial charge is 0.497 e. The van der Waals surface area contributed by atoms with E-state index in [1.807, 2.05) is 12.1 Å². The summed E-state index contributed by atoms with van der Waals surface area (Å²) in [6.45, 7) is 5.06. The van der Waals surface area contributed by atoms with Crippen LogP contribution >= 0.6 is 0 Å². The van der Waals surface area contributed by atoms with Crippen molar-refractivity contribution in [1.29, 1.82) is 0 Å². The zero-order chi connectivity index (χ0) is 16.2. The van der Waals surface area contributed by atoms with E-state index in [-0.39, 0.29) is 5.91 Å². The van der Waals surface area contributed by atoms with E-state index in [0.717, 1.165) is 37.7 Å². The molecule has 1 saturated carbocycles. The van der Waals surface area contributed by atoms with Crippen molar-refractivity contribution in [3.63, 3.8) is 0 Å². The van der Waals surface area contributed by atoms with Gasteiger partial charge in [-0.2, -0.15) is 0 Å². The Labute approximate surface area is 139 Å². The van der Waals surface area contributed by atoms with Gasteiger partial charge in [0.25, 0.3) is 0 Å². The maximum Gasteiger partial charge on any atom is 0.220 e. The van der Waals surface area contributed by atoms with E-state index in [1.54, 1.807) is 7.11 Å². The quantitative estimate of drug-likeness (QED) is 0.840. The molecule has 0 radical (unpaired) electrons. The lowest BCUT2D eigenvalue weighted by molar-refractivity contribution is -0.122. The Morgan fingerprint density at radius 3 is 2.96 bits per heavy atom. The highest BCUT2D eigenvalue weighted by atomic mass is 16.5. The van der Waals surface area contributed by atoms with Gasteiger partial charge in [0, 0.05) is 37.8 Å². The van der Waals surface area contributed by atoms with Crippen LogP contribution in [0.4, 0.5) is 5.69 Å². The first-order valence-corrected chi connectivity index (χ1v) is 8.81. The van der Waals surface area contributed by atoms with E-state index in [9.17, 15) is 4.79 Å². The molecule has 0 spiro atoms. The molecule has 2 fully saturated rings. The second-order valence-corrected chi connectivity index (χ2v) is 7.13. The molecule has 1 aromatic carbocycles. The molecule has 1 N–H and O–H groups in total. The van der Waals surface area contributed by atoms with Crippen molar-refractivity contribution in [1.82, 2.24) is 5.32 Å². The Bertz CT molecular complexity index is 542. The molecule has 0 unspecified atom stereocenters. The molecule has 1 saturated heterocycles.